The first-order valence-corrected chi connectivity index (χ1v) is 7.40. The van der Waals surface area contributed by atoms with Crippen molar-refractivity contribution in [3.05, 3.63) is 34.8 Å². The Bertz CT molecular complexity index is 582. The quantitative estimate of drug-likeness (QED) is 0.915. The second-order valence-corrected chi connectivity index (χ2v) is 5.73. The number of nitrogens with zero attached hydrogens (tertiary/aromatic N) is 2. The van der Waals surface area contributed by atoms with Crippen LogP contribution < -0.4 is 15.0 Å². The highest BCUT2D eigenvalue weighted by molar-refractivity contribution is 7.15. The largest absolute Gasteiger partial charge is 0.497 e. The summed E-state index contributed by atoms with van der Waals surface area (Å²) in [5.74, 6) is 0.853. The number of benzene rings is 1. The van der Waals surface area contributed by atoms with E-state index < -0.39 is 0 Å². The lowest BCUT2D eigenvalue weighted by Crippen LogP contribution is -2.11. The Morgan fingerprint density at radius 2 is 2.15 bits per heavy atom. The lowest BCUT2D eigenvalue weighted by Gasteiger charge is -2.16. The fourth-order valence-corrected chi connectivity index (χ4v) is 3.11. The standard InChI is InChI=1S/C15H21N3OS/c1-10(16-3)14-11(2)17-15(20-14)18(4)12-7-6-8-13(9-12)19-5/h6-10,16H,1-5H3. The van der Waals surface area contributed by atoms with Crippen LogP contribution in [-0.4, -0.2) is 26.2 Å². The summed E-state index contributed by atoms with van der Waals surface area (Å²) in [6.07, 6.45) is 0. The molecule has 0 radical (unpaired) electrons. The van der Waals surface area contributed by atoms with Crippen molar-refractivity contribution in [2.75, 3.05) is 26.1 Å². The van der Waals surface area contributed by atoms with E-state index in [1.165, 1.54) is 4.88 Å². The lowest BCUT2D eigenvalue weighted by molar-refractivity contribution is 0.415. The Morgan fingerprint density at radius 3 is 2.80 bits per heavy atom. The van der Waals surface area contributed by atoms with Crippen LogP contribution in [0.25, 0.3) is 0 Å². The van der Waals surface area contributed by atoms with Crippen molar-refractivity contribution in [1.29, 1.82) is 0 Å². The molecule has 0 saturated heterocycles. The zero-order chi connectivity index (χ0) is 14.7. The minimum absolute atomic E-state index is 0.319. The summed E-state index contributed by atoms with van der Waals surface area (Å²) in [5.41, 5.74) is 2.16. The fraction of sp³-hybridized carbons (Fsp3) is 0.400. The minimum Gasteiger partial charge on any atom is -0.497 e. The van der Waals surface area contributed by atoms with Crippen LogP contribution in [0.2, 0.25) is 0 Å². The highest BCUT2D eigenvalue weighted by atomic mass is 32.1. The molecule has 0 spiro atoms. The summed E-state index contributed by atoms with van der Waals surface area (Å²) < 4.78 is 5.27. The molecule has 0 bridgehead atoms. The number of aryl methyl sites for hydroxylation is 1. The maximum absolute atomic E-state index is 5.27. The molecule has 4 nitrogen and oxygen atoms in total. The molecule has 1 aromatic heterocycles. The van der Waals surface area contributed by atoms with Gasteiger partial charge in [-0.25, -0.2) is 4.98 Å². The van der Waals surface area contributed by atoms with Crippen molar-refractivity contribution >= 4 is 22.2 Å². The van der Waals surface area contributed by atoms with E-state index in [0.29, 0.717) is 6.04 Å². The van der Waals surface area contributed by atoms with Crippen LogP contribution in [0.1, 0.15) is 23.5 Å². The molecule has 0 saturated carbocycles. The molecule has 0 aliphatic carbocycles. The van der Waals surface area contributed by atoms with E-state index in [-0.39, 0.29) is 0 Å². The third kappa shape index (κ3) is 2.94. The number of rotatable bonds is 5. The Kier molecular flexibility index (Phi) is 4.62. The molecule has 1 heterocycles. The third-order valence-electron chi connectivity index (χ3n) is 3.38. The minimum atomic E-state index is 0.319. The van der Waals surface area contributed by atoms with E-state index >= 15 is 0 Å². The molecule has 0 aliphatic rings. The van der Waals surface area contributed by atoms with Gasteiger partial charge in [0.05, 0.1) is 12.8 Å². The van der Waals surface area contributed by atoms with Crippen LogP contribution in [0.4, 0.5) is 10.8 Å². The predicted molar refractivity (Wildman–Crippen MR) is 85.4 cm³/mol. The molecule has 108 valence electrons. The van der Waals surface area contributed by atoms with Crippen molar-refractivity contribution in [1.82, 2.24) is 10.3 Å². The van der Waals surface area contributed by atoms with Crippen LogP contribution in [0.3, 0.4) is 0 Å². The SMILES string of the molecule is CNC(C)c1sc(N(C)c2cccc(OC)c2)nc1C. The van der Waals surface area contributed by atoms with Gasteiger partial charge in [0.25, 0.3) is 0 Å². The van der Waals surface area contributed by atoms with Gasteiger partial charge in [-0.2, -0.15) is 0 Å². The van der Waals surface area contributed by atoms with Gasteiger partial charge < -0.3 is 15.0 Å². The first kappa shape index (κ1) is 14.8. The first-order chi connectivity index (χ1) is 9.56. The summed E-state index contributed by atoms with van der Waals surface area (Å²) in [4.78, 5) is 8.04. The molecule has 0 aliphatic heterocycles. The van der Waals surface area contributed by atoms with Crippen molar-refractivity contribution in [3.63, 3.8) is 0 Å². The average Bonchev–Trinajstić information content (AvgIpc) is 2.87. The molecule has 0 fully saturated rings. The molecule has 1 N–H and O–H groups in total. The Balaban J connectivity index is 2.31. The van der Waals surface area contributed by atoms with Gasteiger partial charge in [0.15, 0.2) is 5.13 Å². The van der Waals surface area contributed by atoms with Crippen LogP contribution in [0.15, 0.2) is 24.3 Å². The van der Waals surface area contributed by atoms with Gasteiger partial charge in [0.1, 0.15) is 5.75 Å². The van der Waals surface area contributed by atoms with E-state index in [0.717, 1.165) is 22.3 Å². The molecule has 5 heteroatoms. The molecule has 0 amide bonds. The number of ether oxygens (including phenoxy) is 1. The van der Waals surface area contributed by atoms with Gasteiger partial charge in [-0.3, -0.25) is 0 Å². The molecular formula is C15H21N3OS. The van der Waals surface area contributed by atoms with Crippen molar-refractivity contribution in [2.24, 2.45) is 0 Å². The van der Waals surface area contributed by atoms with Gasteiger partial charge in [-0.1, -0.05) is 17.4 Å². The van der Waals surface area contributed by atoms with Crippen LogP contribution in [0, 0.1) is 6.92 Å². The van der Waals surface area contributed by atoms with E-state index in [2.05, 4.69) is 35.1 Å². The third-order valence-corrected chi connectivity index (χ3v) is 4.79. The normalized spacial score (nSPS) is 12.2. The number of thiazole rings is 1. The zero-order valence-corrected chi connectivity index (χ0v) is 13.4. The smallest absolute Gasteiger partial charge is 0.190 e. The second kappa shape index (κ2) is 6.24. The molecule has 2 aromatic rings. The topological polar surface area (TPSA) is 37.4 Å². The maximum Gasteiger partial charge on any atom is 0.190 e. The Morgan fingerprint density at radius 1 is 1.40 bits per heavy atom. The zero-order valence-electron chi connectivity index (χ0n) is 12.6. The Hall–Kier alpha value is -1.59. The van der Waals surface area contributed by atoms with E-state index in [1.807, 2.05) is 32.3 Å². The molecule has 1 unspecified atom stereocenters. The molecule has 1 aromatic carbocycles. The van der Waals surface area contributed by atoms with Gasteiger partial charge in [-0.15, -0.1) is 0 Å². The van der Waals surface area contributed by atoms with Crippen molar-refractivity contribution in [2.45, 2.75) is 19.9 Å². The molecule has 1 atom stereocenters. The average molecular weight is 291 g/mol. The number of aromatic nitrogens is 1. The lowest BCUT2D eigenvalue weighted by atomic mass is 10.2. The van der Waals surface area contributed by atoms with Crippen LogP contribution in [-0.2, 0) is 0 Å². The van der Waals surface area contributed by atoms with Gasteiger partial charge >= 0.3 is 0 Å². The highest BCUT2D eigenvalue weighted by Crippen LogP contribution is 2.34. The number of methoxy groups -OCH3 is 1. The molecular weight excluding hydrogens is 270 g/mol. The van der Waals surface area contributed by atoms with Gasteiger partial charge in [0.2, 0.25) is 0 Å². The first-order valence-electron chi connectivity index (χ1n) is 6.59. The molecule has 20 heavy (non-hydrogen) atoms. The van der Waals surface area contributed by atoms with E-state index in [9.17, 15) is 0 Å². The monoisotopic (exact) mass is 291 g/mol. The highest BCUT2D eigenvalue weighted by Gasteiger charge is 2.16. The molecule has 2 rings (SSSR count). The van der Waals surface area contributed by atoms with Crippen molar-refractivity contribution < 1.29 is 4.74 Å². The second-order valence-electron chi connectivity index (χ2n) is 4.72. The summed E-state index contributed by atoms with van der Waals surface area (Å²) in [6.45, 7) is 4.21. The summed E-state index contributed by atoms with van der Waals surface area (Å²) in [6, 6.07) is 8.32. The maximum atomic E-state index is 5.27. The fourth-order valence-electron chi connectivity index (χ4n) is 2.00. The number of anilines is 2. The van der Waals surface area contributed by atoms with Crippen LogP contribution >= 0.6 is 11.3 Å². The van der Waals surface area contributed by atoms with E-state index in [4.69, 9.17) is 4.74 Å². The summed E-state index contributed by atoms with van der Waals surface area (Å²) in [5, 5.41) is 4.26. The number of hydrogen-bond acceptors (Lipinski definition) is 5. The van der Waals surface area contributed by atoms with Crippen molar-refractivity contribution in [3.8, 4) is 5.75 Å². The van der Waals surface area contributed by atoms with E-state index in [1.54, 1.807) is 18.4 Å². The van der Waals surface area contributed by atoms with Crippen LogP contribution in [0.5, 0.6) is 5.75 Å². The van der Waals surface area contributed by atoms with Gasteiger partial charge in [-0.05, 0) is 33.0 Å². The Labute approximate surface area is 124 Å². The number of nitrogens with one attached hydrogen (secondary N) is 1. The number of hydrogen-bond donors (Lipinski definition) is 1. The summed E-state index contributed by atoms with van der Waals surface area (Å²) >= 11 is 1.72. The summed E-state index contributed by atoms with van der Waals surface area (Å²) in [7, 11) is 5.68. The van der Waals surface area contributed by atoms with Gasteiger partial charge in [0, 0.05) is 29.7 Å². The predicted octanol–water partition coefficient (Wildman–Crippen LogP) is 3.51.